The maximum atomic E-state index is 12.2. The van der Waals surface area contributed by atoms with Gasteiger partial charge >= 0.3 is 0 Å². The van der Waals surface area contributed by atoms with E-state index in [1.807, 2.05) is 0 Å². The third-order valence-corrected chi connectivity index (χ3v) is 3.02. The number of Topliss-reactive ketones (excluding diaryl/α,β-unsaturated/α-hetero) is 1. The molecule has 6 nitrogen and oxygen atoms in total. The zero-order valence-electron chi connectivity index (χ0n) is 10.5. The normalized spacial score (nSPS) is 15.6. The molecule has 4 N–H and O–H groups in total. The number of fused-ring (bicyclic) bond motifs is 1. The van der Waals surface area contributed by atoms with Crippen LogP contribution in [0, 0.1) is 0 Å². The average molecular weight is 275 g/mol. The third-order valence-electron chi connectivity index (χ3n) is 3.02. The Morgan fingerprint density at radius 3 is 2.65 bits per heavy atom. The molecule has 0 bridgehead atoms. The second-order valence-corrected chi connectivity index (χ2v) is 4.59. The van der Waals surface area contributed by atoms with Gasteiger partial charge < -0.3 is 15.9 Å². The first-order valence-corrected chi connectivity index (χ1v) is 5.98. The van der Waals surface area contributed by atoms with Gasteiger partial charge in [-0.05, 0) is 12.1 Å². The number of aliphatic hydroxyl groups is 1. The highest BCUT2D eigenvalue weighted by molar-refractivity contribution is 6.25. The van der Waals surface area contributed by atoms with Crippen LogP contribution in [-0.2, 0) is 4.79 Å². The Morgan fingerprint density at radius 1 is 1.30 bits per heavy atom. The highest BCUT2D eigenvalue weighted by Crippen LogP contribution is 2.29. The van der Waals surface area contributed by atoms with E-state index in [-0.39, 0.29) is 35.3 Å². The first-order valence-electron chi connectivity index (χ1n) is 5.98. The summed E-state index contributed by atoms with van der Waals surface area (Å²) in [5.41, 5.74) is 5.11. The monoisotopic (exact) mass is 275 g/mol. The van der Waals surface area contributed by atoms with Crippen LogP contribution in [0.4, 0.5) is 0 Å². The Bertz CT molecular complexity index is 632. The lowest BCUT2D eigenvalue weighted by molar-refractivity contribution is -0.119. The highest BCUT2D eigenvalue weighted by Gasteiger charge is 2.28. The average Bonchev–Trinajstić information content (AvgIpc) is 2.34. The fourth-order valence-electron chi connectivity index (χ4n) is 2.17. The van der Waals surface area contributed by atoms with Crippen LogP contribution in [0.1, 0.15) is 33.6 Å². The molecule has 0 fully saturated rings. The number of phenolic OH excluding ortho intramolecular Hbond substituents is 1. The molecule has 1 aromatic carbocycles. The summed E-state index contributed by atoms with van der Waals surface area (Å²) in [7, 11) is 0. The van der Waals surface area contributed by atoms with Crippen molar-refractivity contribution in [3.8, 4) is 5.75 Å². The molecule has 6 heteroatoms. The second-order valence-electron chi connectivity index (χ2n) is 4.59. The van der Waals surface area contributed by atoms with E-state index in [1.165, 1.54) is 18.2 Å². The number of aliphatic hydroxyl groups excluding tert-OH is 1. The SMILES string of the molecule is NC(=O)CC(O)CC1=CC(=O)c2c(O)cccc2C1=O. The number of hydrogen-bond acceptors (Lipinski definition) is 5. The Hall–Kier alpha value is -2.47. The number of benzene rings is 1. The zero-order chi connectivity index (χ0) is 14.9. The molecule has 0 aromatic heterocycles. The van der Waals surface area contributed by atoms with E-state index in [4.69, 9.17) is 5.73 Å². The molecule has 0 aliphatic heterocycles. The summed E-state index contributed by atoms with van der Waals surface area (Å²) in [5, 5.41) is 19.2. The van der Waals surface area contributed by atoms with Crippen LogP contribution in [0.25, 0.3) is 0 Å². The van der Waals surface area contributed by atoms with Gasteiger partial charge in [0.25, 0.3) is 0 Å². The quantitative estimate of drug-likeness (QED) is 0.731. The molecular weight excluding hydrogens is 262 g/mol. The number of aromatic hydroxyl groups is 1. The van der Waals surface area contributed by atoms with Gasteiger partial charge in [0.2, 0.25) is 5.91 Å². The Morgan fingerprint density at radius 2 is 2.00 bits per heavy atom. The molecule has 1 amide bonds. The van der Waals surface area contributed by atoms with Crippen LogP contribution in [0.15, 0.2) is 29.8 Å². The lowest BCUT2D eigenvalue weighted by Crippen LogP contribution is -2.24. The van der Waals surface area contributed by atoms with Crippen LogP contribution in [-0.4, -0.2) is 33.8 Å². The van der Waals surface area contributed by atoms with Crippen LogP contribution in [0.2, 0.25) is 0 Å². The van der Waals surface area contributed by atoms with Gasteiger partial charge in [0.1, 0.15) is 5.75 Å². The van der Waals surface area contributed by atoms with Crippen LogP contribution in [0.3, 0.4) is 0 Å². The van der Waals surface area contributed by atoms with Crippen molar-refractivity contribution >= 4 is 17.5 Å². The van der Waals surface area contributed by atoms with Crippen LogP contribution < -0.4 is 5.73 Å². The zero-order valence-corrected chi connectivity index (χ0v) is 10.5. The van der Waals surface area contributed by atoms with Crippen molar-refractivity contribution in [2.75, 3.05) is 0 Å². The first kappa shape index (κ1) is 14.0. The molecule has 0 saturated heterocycles. The molecule has 104 valence electrons. The standard InChI is InChI=1S/C14H13NO5/c15-12(19)6-8(16)4-7-5-11(18)13-9(14(7)20)2-1-3-10(13)17/h1-3,5,8,16-17H,4,6H2,(H2,15,19). The number of carbonyl (C=O) groups excluding carboxylic acids is 3. The molecule has 1 aliphatic carbocycles. The van der Waals surface area contributed by atoms with E-state index in [0.717, 1.165) is 6.08 Å². The third kappa shape index (κ3) is 2.60. The predicted octanol–water partition coefficient (Wildman–Crippen LogP) is 0.324. The van der Waals surface area contributed by atoms with E-state index in [9.17, 15) is 24.6 Å². The van der Waals surface area contributed by atoms with Gasteiger partial charge in [-0.25, -0.2) is 0 Å². The van der Waals surface area contributed by atoms with Gasteiger partial charge in [0.05, 0.1) is 18.1 Å². The van der Waals surface area contributed by atoms with Gasteiger partial charge in [-0.15, -0.1) is 0 Å². The molecule has 20 heavy (non-hydrogen) atoms. The van der Waals surface area contributed by atoms with Crippen molar-refractivity contribution in [2.45, 2.75) is 18.9 Å². The lowest BCUT2D eigenvalue weighted by atomic mass is 9.86. The summed E-state index contributed by atoms with van der Waals surface area (Å²) in [6.45, 7) is 0. The van der Waals surface area contributed by atoms with Crippen molar-refractivity contribution in [1.29, 1.82) is 0 Å². The van der Waals surface area contributed by atoms with Crippen molar-refractivity contribution in [1.82, 2.24) is 0 Å². The number of phenols is 1. The minimum atomic E-state index is -1.12. The number of hydrogen-bond donors (Lipinski definition) is 3. The predicted molar refractivity (Wildman–Crippen MR) is 69.3 cm³/mol. The maximum Gasteiger partial charge on any atom is 0.220 e. The summed E-state index contributed by atoms with van der Waals surface area (Å²) in [6, 6.07) is 4.22. The van der Waals surface area contributed by atoms with E-state index >= 15 is 0 Å². The number of rotatable bonds is 4. The molecule has 1 aromatic rings. The van der Waals surface area contributed by atoms with Crippen LogP contribution in [0.5, 0.6) is 5.75 Å². The largest absolute Gasteiger partial charge is 0.507 e. The van der Waals surface area contributed by atoms with Gasteiger partial charge in [-0.3, -0.25) is 14.4 Å². The molecule has 2 rings (SSSR count). The summed E-state index contributed by atoms with van der Waals surface area (Å²) < 4.78 is 0. The number of nitrogens with two attached hydrogens (primary N) is 1. The minimum absolute atomic E-state index is 0.0364. The molecular formula is C14H13NO5. The van der Waals surface area contributed by atoms with Crippen LogP contribution >= 0.6 is 0 Å². The van der Waals surface area contributed by atoms with Gasteiger partial charge in [0.15, 0.2) is 11.6 Å². The molecule has 0 radical (unpaired) electrons. The van der Waals surface area contributed by atoms with E-state index in [1.54, 1.807) is 0 Å². The van der Waals surface area contributed by atoms with Crippen molar-refractivity contribution in [3.63, 3.8) is 0 Å². The van der Waals surface area contributed by atoms with Crippen molar-refractivity contribution in [2.24, 2.45) is 5.73 Å². The number of allylic oxidation sites excluding steroid dienone is 1. The number of primary amides is 1. The van der Waals surface area contributed by atoms with Gasteiger partial charge in [-0.2, -0.15) is 0 Å². The second kappa shape index (κ2) is 5.26. The smallest absolute Gasteiger partial charge is 0.220 e. The minimum Gasteiger partial charge on any atom is -0.507 e. The summed E-state index contributed by atoms with van der Waals surface area (Å²) in [5.74, 6) is -1.89. The molecule has 1 aliphatic rings. The lowest BCUT2D eigenvalue weighted by Gasteiger charge is -2.17. The maximum absolute atomic E-state index is 12.2. The summed E-state index contributed by atoms with van der Waals surface area (Å²) >= 11 is 0. The fraction of sp³-hybridized carbons (Fsp3) is 0.214. The highest BCUT2D eigenvalue weighted by atomic mass is 16.3. The molecule has 0 heterocycles. The van der Waals surface area contributed by atoms with Crippen molar-refractivity contribution in [3.05, 3.63) is 41.0 Å². The molecule has 1 unspecified atom stereocenters. The number of carbonyl (C=O) groups is 3. The Balaban J connectivity index is 2.29. The first-order chi connectivity index (χ1) is 9.40. The van der Waals surface area contributed by atoms with E-state index in [2.05, 4.69) is 0 Å². The Labute approximate surface area is 114 Å². The number of ketones is 2. The van der Waals surface area contributed by atoms with E-state index < -0.39 is 23.6 Å². The fourth-order valence-corrected chi connectivity index (χ4v) is 2.17. The molecule has 0 saturated carbocycles. The Kier molecular flexibility index (Phi) is 3.67. The van der Waals surface area contributed by atoms with Gasteiger partial charge in [-0.1, -0.05) is 12.1 Å². The topological polar surface area (TPSA) is 118 Å². The van der Waals surface area contributed by atoms with E-state index in [0.29, 0.717) is 0 Å². The summed E-state index contributed by atoms with van der Waals surface area (Å²) in [6.07, 6.45) is -0.461. The summed E-state index contributed by atoms with van der Waals surface area (Å²) in [4.78, 5) is 34.8. The van der Waals surface area contributed by atoms with Crippen molar-refractivity contribution < 1.29 is 24.6 Å². The number of amides is 1. The molecule has 1 atom stereocenters. The van der Waals surface area contributed by atoms with Gasteiger partial charge in [0, 0.05) is 17.6 Å². The molecule has 0 spiro atoms.